The summed E-state index contributed by atoms with van der Waals surface area (Å²) in [6.45, 7) is 0. The second-order valence-corrected chi connectivity index (χ2v) is 5.70. The Bertz CT molecular complexity index is 753. The highest BCUT2D eigenvalue weighted by Gasteiger charge is 2.24. The summed E-state index contributed by atoms with van der Waals surface area (Å²) in [6.07, 6.45) is 2.03. The van der Waals surface area contributed by atoms with Gasteiger partial charge in [-0.25, -0.2) is 4.79 Å². The normalized spacial score (nSPS) is 13.7. The molecule has 2 N–H and O–H groups in total. The van der Waals surface area contributed by atoms with Gasteiger partial charge in [0.2, 0.25) is 0 Å². The van der Waals surface area contributed by atoms with Crippen LogP contribution in [-0.2, 0) is 0 Å². The van der Waals surface area contributed by atoms with Gasteiger partial charge in [0.1, 0.15) is 0 Å². The topological polar surface area (TPSA) is 66.4 Å². The lowest BCUT2D eigenvalue weighted by Gasteiger charge is -2.10. The molecule has 1 amide bonds. The molecular formula is C17H14ClNO3. The molecule has 1 saturated carbocycles. The van der Waals surface area contributed by atoms with E-state index in [-0.39, 0.29) is 22.5 Å². The van der Waals surface area contributed by atoms with Crippen molar-refractivity contribution in [2.24, 2.45) is 0 Å². The van der Waals surface area contributed by atoms with Gasteiger partial charge in [-0.15, -0.1) is 0 Å². The first-order valence-electron chi connectivity index (χ1n) is 6.99. The quantitative estimate of drug-likeness (QED) is 0.906. The first-order chi connectivity index (χ1) is 10.6. The Morgan fingerprint density at radius 2 is 1.86 bits per heavy atom. The molecule has 112 valence electrons. The third kappa shape index (κ3) is 2.97. The summed E-state index contributed by atoms with van der Waals surface area (Å²) in [5.74, 6) is -1.23. The van der Waals surface area contributed by atoms with Gasteiger partial charge in [-0.05, 0) is 42.2 Å². The van der Waals surface area contributed by atoms with Crippen LogP contribution in [-0.4, -0.2) is 23.0 Å². The molecule has 0 unspecified atom stereocenters. The van der Waals surface area contributed by atoms with Crippen molar-refractivity contribution in [3.8, 4) is 11.1 Å². The van der Waals surface area contributed by atoms with Gasteiger partial charge in [0, 0.05) is 11.6 Å². The molecule has 0 aliphatic heterocycles. The Balaban J connectivity index is 2.00. The number of rotatable bonds is 4. The zero-order valence-electron chi connectivity index (χ0n) is 11.7. The zero-order valence-corrected chi connectivity index (χ0v) is 12.4. The first-order valence-corrected chi connectivity index (χ1v) is 7.37. The molecule has 5 heteroatoms. The molecule has 3 rings (SSSR count). The van der Waals surface area contributed by atoms with E-state index in [2.05, 4.69) is 5.32 Å². The molecule has 4 nitrogen and oxygen atoms in total. The summed E-state index contributed by atoms with van der Waals surface area (Å²) >= 11 is 5.99. The van der Waals surface area contributed by atoms with Crippen LogP contribution in [0.2, 0.25) is 5.02 Å². The number of carboxylic acids is 1. The maximum absolute atomic E-state index is 12.1. The summed E-state index contributed by atoms with van der Waals surface area (Å²) < 4.78 is 0. The van der Waals surface area contributed by atoms with Gasteiger partial charge in [-0.1, -0.05) is 35.9 Å². The molecule has 0 radical (unpaired) electrons. The van der Waals surface area contributed by atoms with Crippen LogP contribution in [0.3, 0.4) is 0 Å². The second kappa shape index (κ2) is 5.81. The van der Waals surface area contributed by atoms with Crippen LogP contribution < -0.4 is 5.32 Å². The van der Waals surface area contributed by atoms with Crippen molar-refractivity contribution in [1.29, 1.82) is 0 Å². The Morgan fingerprint density at radius 3 is 2.55 bits per heavy atom. The molecule has 1 aliphatic rings. The second-order valence-electron chi connectivity index (χ2n) is 5.30. The van der Waals surface area contributed by atoms with Crippen LogP contribution >= 0.6 is 11.6 Å². The lowest BCUT2D eigenvalue weighted by molar-refractivity contribution is 0.0697. The van der Waals surface area contributed by atoms with E-state index in [9.17, 15) is 14.7 Å². The van der Waals surface area contributed by atoms with Crippen LogP contribution in [0, 0.1) is 0 Å². The third-order valence-electron chi connectivity index (χ3n) is 3.58. The van der Waals surface area contributed by atoms with Crippen molar-refractivity contribution in [2.75, 3.05) is 0 Å². The average molecular weight is 316 g/mol. The highest BCUT2D eigenvalue weighted by molar-refractivity contribution is 6.34. The van der Waals surface area contributed by atoms with E-state index in [1.807, 2.05) is 0 Å². The molecule has 0 bridgehead atoms. The van der Waals surface area contributed by atoms with Crippen molar-refractivity contribution < 1.29 is 14.7 Å². The lowest BCUT2D eigenvalue weighted by Crippen LogP contribution is -2.25. The molecule has 0 saturated heterocycles. The zero-order chi connectivity index (χ0) is 15.7. The van der Waals surface area contributed by atoms with Crippen molar-refractivity contribution in [3.63, 3.8) is 0 Å². The fourth-order valence-corrected chi connectivity index (χ4v) is 2.56. The van der Waals surface area contributed by atoms with Crippen LogP contribution in [0.15, 0.2) is 42.5 Å². The minimum absolute atomic E-state index is 0.0453. The number of aromatic carboxylic acids is 1. The summed E-state index contributed by atoms with van der Waals surface area (Å²) in [7, 11) is 0. The summed E-state index contributed by atoms with van der Waals surface area (Å²) in [4.78, 5) is 23.5. The Kier molecular flexibility index (Phi) is 3.86. The largest absolute Gasteiger partial charge is 0.478 e. The van der Waals surface area contributed by atoms with Gasteiger partial charge >= 0.3 is 5.97 Å². The first kappa shape index (κ1) is 14.6. The number of carbonyl (C=O) groups is 2. The van der Waals surface area contributed by atoms with Crippen molar-refractivity contribution in [1.82, 2.24) is 5.32 Å². The van der Waals surface area contributed by atoms with E-state index < -0.39 is 5.97 Å². The number of hydrogen-bond acceptors (Lipinski definition) is 2. The smallest absolute Gasteiger partial charge is 0.337 e. The van der Waals surface area contributed by atoms with E-state index in [0.29, 0.717) is 16.7 Å². The average Bonchev–Trinajstić information content (AvgIpc) is 3.30. The summed E-state index contributed by atoms with van der Waals surface area (Å²) in [5, 5.41) is 12.4. The van der Waals surface area contributed by atoms with Crippen LogP contribution in [0.1, 0.15) is 33.6 Å². The number of carbonyl (C=O) groups excluding carboxylic acids is 1. The van der Waals surface area contributed by atoms with E-state index in [0.717, 1.165) is 12.8 Å². The van der Waals surface area contributed by atoms with Gasteiger partial charge in [0.05, 0.1) is 10.6 Å². The van der Waals surface area contributed by atoms with Gasteiger partial charge in [-0.3, -0.25) is 4.79 Å². The summed E-state index contributed by atoms with van der Waals surface area (Å²) in [5.41, 5.74) is 1.72. The molecule has 22 heavy (non-hydrogen) atoms. The van der Waals surface area contributed by atoms with Gasteiger partial charge < -0.3 is 10.4 Å². The van der Waals surface area contributed by atoms with E-state index in [1.165, 1.54) is 6.07 Å². The van der Waals surface area contributed by atoms with Gasteiger partial charge in [0.15, 0.2) is 0 Å². The third-order valence-corrected chi connectivity index (χ3v) is 3.89. The monoisotopic (exact) mass is 315 g/mol. The molecule has 0 aromatic heterocycles. The fraction of sp³-hybridized carbons (Fsp3) is 0.176. The Hall–Kier alpha value is -2.33. The number of halogens is 1. The molecule has 2 aromatic carbocycles. The van der Waals surface area contributed by atoms with E-state index in [4.69, 9.17) is 11.6 Å². The maximum atomic E-state index is 12.1. The van der Waals surface area contributed by atoms with Crippen molar-refractivity contribution >= 4 is 23.5 Å². The molecule has 2 aromatic rings. The summed E-state index contributed by atoms with van der Waals surface area (Å²) in [6, 6.07) is 12.1. The van der Waals surface area contributed by atoms with Crippen LogP contribution in [0.25, 0.3) is 11.1 Å². The standard InChI is InChI=1S/C17H14ClNO3/c18-14-6-2-5-13(15(14)17(21)22)10-3-1-4-11(9-10)16(20)19-12-7-8-12/h1-6,9,12H,7-8H2,(H,19,20)(H,21,22). The number of hydrogen-bond donors (Lipinski definition) is 2. The minimum Gasteiger partial charge on any atom is -0.478 e. The molecule has 0 heterocycles. The Labute approximate surface area is 132 Å². The Morgan fingerprint density at radius 1 is 1.14 bits per heavy atom. The van der Waals surface area contributed by atoms with Crippen molar-refractivity contribution in [3.05, 3.63) is 58.6 Å². The fourth-order valence-electron chi connectivity index (χ4n) is 2.31. The minimum atomic E-state index is -1.09. The SMILES string of the molecule is O=C(NC1CC1)c1cccc(-c2cccc(Cl)c2C(=O)O)c1. The number of carboxylic acid groups (broad SMARTS) is 1. The van der Waals surface area contributed by atoms with Crippen LogP contribution in [0.4, 0.5) is 0 Å². The maximum Gasteiger partial charge on any atom is 0.337 e. The molecule has 1 fully saturated rings. The molecular weight excluding hydrogens is 302 g/mol. The van der Waals surface area contributed by atoms with Crippen LogP contribution in [0.5, 0.6) is 0 Å². The van der Waals surface area contributed by atoms with E-state index >= 15 is 0 Å². The molecule has 0 atom stereocenters. The molecule has 0 spiro atoms. The number of benzene rings is 2. The van der Waals surface area contributed by atoms with E-state index in [1.54, 1.807) is 36.4 Å². The predicted octanol–water partition coefficient (Wildman–Crippen LogP) is 3.60. The highest BCUT2D eigenvalue weighted by Crippen LogP contribution is 2.30. The van der Waals surface area contributed by atoms with Gasteiger partial charge in [0.25, 0.3) is 5.91 Å². The highest BCUT2D eigenvalue weighted by atomic mass is 35.5. The van der Waals surface area contributed by atoms with Gasteiger partial charge in [-0.2, -0.15) is 0 Å². The lowest BCUT2D eigenvalue weighted by atomic mass is 9.98. The predicted molar refractivity (Wildman–Crippen MR) is 84.3 cm³/mol. The number of amides is 1. The molecule has 1 aliphatic carbocycles. The van der Waals surface area contributed by atoms with Crippen molar-refractivity contribution in [2.45, 2.75) is 18.9 Å². The number of nitrogens with one attached hydrogen (secondary N) is 1.